The number of fused-ring (bicyclic) bond motifs is 1. The summed E-state index contributed by atoms with van der Waals surface area (Å²) in [5.74, 6) is -2.28. The number of aromatic nitrogens is 3. The monoisotopic (exact) mass is 528 g/mol. The Balaban J connectivity index is 1.39. The summed E-state index contributed by atoms with van der Waals surface area (Å²) in [6.07, 6.45) is 7.95. The highest BCUT2D eigenvalue weighted by Crippen LogP contribution is 2.37. The Morgan fingerprint density at radius 2 is 1.97 bits per heavy atom. The van der Waals surface area contributed by atoms with Gasteiger partial charge in [-0.1, -0.05) is 35.9 Å². The van der Waals surface area contributed by atoms with E-state index >= 15 is 4.39 Å². The molecular formula is C26H24ClF3N6O. The van der Waals surface area contributed by atoms with Crippen LogP contribution in [0.25, 0.3) is 0 Å². The Kier molecular flexibility index (Phi) is 6.80. The fourth-order valence-corrected chi connectivity index (χ4v) is 4.74. The second kappa shape index (κ2) is 10.0. The minimum atomic E-state index is -1.93. The number of nitrogens with one attached hydrogen (secondary N) is 2. The number of allylic oxidation sites excluding steroid dienone is 1. The van der Waals surface area contributed by atoms with Crippen LogP contribution >= 0.6 is 11.6 Å². The van der Waals surface area contributed by atoms with Crippen LogP contribution in [0.3, 0.4) is 0 Å². The molecule has 1 aromatic heterocycles. The SMILES string of the molecule is C[C@@H](N1NC(F)=C2C=C(NCc3ccc(Cl)cc3)C=CC21)[C@](O)(Cn1cncn1)c1ccc(F)cc1F. The first-order chi connectivity index (χ1) is 17.7. The lowest BCUT2D eigenvalue weighted by Gasteiger charge is -2.41. The zero-order valence-electron chi connectivity index (χ0n) is 19.7. The molecule has 192 valence electrons. The first-order valence-electron chi connectivity index (χ1n) is 11.6. The number of rotatable bonds is 8. The average molecular weight is 529 g/mol. The van der Waals surface area contributed by atoms with Gasteiger partial charge < -0.3 is 10.4 Å². The van der Waals surface area contributed by atoms with Gasteiger partial charge in [0.2, 0.25) is 5.95 Å². The minimum Gasteiger partial charge on any atom is -0.381 e. The Labute approximate surface area is 216 Å². The number of hydrazine groups is 1. The van der Waals surface area contributed by atoms with E-state index in [0.717, 1.165) is 11.6 Å². The summed E-state index contributed by atoms with van der Waals surface area (Å²) in [7, 11) is 0. The molecule has 5 rings (SSSR count). The summed E-state index contributed by atoms with van der Waals surface area (Å²) < 4.78 is 45.0. The summed E-state index contributed by atoms with van der Waals surface area (Å²) >= 11 is 5.94. The number of hydrogen-bond donors (Lipinski definition) is 3. The van der Waals surface area contributed by atoms with Crippen LogP contribution in [0.4, 0.5) is 13.2 Å². The van der Waals surface area contributed by atoms with Gasteiger partial charge in [0.05, 0.1) is 18.6 Å². The van der Waals surface area contributed by atoms with Gasteiger partial charge in [-0.25, -0.2) is 23.5 Å². The van der Waals surface area contributed by atoms with E-state index in [1.165, 1.54) is 28.4 Å². The molecule has 0 amide bonds. The van der Waals surface area contributed by atoms with Crippen molar-refractivity contribution in [1.29, 1.82) is 0 Å². The predicted octanol–water partition coefficient (Wildman–Crippen LogP) is 4.10. The minimum absolute atomic E-state index is 0.145. The Bertz CT molecular complexity index is 1380. The molecule has 1 unspecified atom stereocenters. The molecule has 0 radical (unpaired) electrons. The Morgan fingerprint density at radius 3 is 2.68 bits per heavy atom. The third-order valence-corrected chi connectivity index (χ3v) is 6.91. The van der Waals surface area contributed by atoms with Gasteiger partial charge in [-0.15, -0.1) is 0 Å². The van der Waals surface area contributed by atoms with Crippen molar-refractivity contribution < 1.29 is 18.3 Å². The summed E-state index contributed by atoms with van der Waals surface area (Å²) in [5.41, 5.74) is 2.68. The van der Waals surface area contributed by atoms with Crippen LogP contribution in [0.1, 0.15) is 18.1 Å². The lowest BCUT2D eigenvalue weighted by atomic mass is 9.85. The largest absolute Gasteiger partial charge is 0.381 e. The Hall–Kier alpha value is -3.60. The maximum Gasteiger partial charge on any atom is 0.206 e. The second-order valence-electron chi connectivity index (χ2n) is 8.99. The van der Waals surface area contributed by atoms with E-state index in [2.05, 4.69) is 20.8 Å². The van der Waals surface area contributed by atoms with Gasteiger partial charge in [-0.2, -0.15) is 9.49 Å². The van der Waals surface area contributed by atoms with Crippen LogP contribution in [0, 0.1) is 11.6 Å². The first-order valence-corrected chi connectivity index (χ1v) is 12.0. The maximum atomic E-state index is 15.1. The van der Waals surface area contributed by atoms with Gasteiger partial charge in [0.1, 0.15) is 29.9 Å². The number of aliphatic hydroxyl groups is 1. The molecular weight excluding hydrogens is 505 g/mol. The van der Waals surface area contributed by atoms with Crippen LogP contribution in [0.2, 0.25) is 5.02 Å². The fraction of sp³-hybridized carbons (Fsp3) is 0.231. The standard InChI is InChI=1S/C26H24ClF3N6O/c1-16(26(37,13-35-15-31-14-33-35)22-8-6-19(28)10-23(22)29)36-24-9-7-20(11-21(24)25(30)34-36)32-12-17-2-4-18(27)5-3-17/h2-11,14-16,24,32,34,37H,12-13H2,1H3/t16-,24?,26-/m1/s1. The molecule has 2 heterocycles. The van der Waals surface area contributed by atoms with Crippen LogP contribution in [0.5, 0.6) is 0 Å². The van der Waals surface area contributed by atoms with E-state index < -0.39 is 35.3 Å². The summed E-state index contributed by atoms with van der Waals surface area (Å²) in [4.78, 5) is 3.88. The van der Waals surface area contributed by atoms with Crippen LogP contribution < -0.4 is 10.7 Å². The molecule has 37 heavy (non-hydrogen) atoms. The average Bonchev–Trinajstić information content (AvgIpc) is 3.50. The summed E-state index contributed by atoms with van der Waals surface area (Å²) in [5, 5.41) is 21.3. The molecule has 3 aromatic rings. The van der Waals surface area contributed by atoms with Crippen molar-refractivity contribution in [3.63, 3.8) is 0 Å². The number of benzene rings is 2. The number of nitrogens with zero attached hydrogens (tertiary/aromatic N) is 4. The highest BCUT2D eigenvalue weighted by Gasteiger charge is 2.47. The highest BCUT2D eigenvalue weighted by molar-refractivity contribution is 6.30. The Morgan fingerprint density at radius 1 is 1.19 bits per heavy atom. The van der Waals surface area contributed by atoms with Crippen LogP contribution in [-0.2, 0) is 18.7 Å². The molecule has 3 atom stereocenters. The van der Waals surface area contributed by atoms with E-state index in [9.17, 15) is 13.9 Å². The van der Waals surface area contributed by atoms with Crippen molar-refractivity contribution in [1.82, 2.24) is 30.5 Å². The summed E-state index contributed by atoms with van der Waals surface area (Å²) in [6, 6.07) is 8.88. The zero-order chi connectivity index (χ0) is 26.2. The third kappa shape index (κ3) is 5.00. The molecule has 2 aliphatic rings. The van der Waals surface area contributed by atoms with Crippen LogP contribution in [-0.4, -0.2) is 37.0 Å². The van der Waals surface area contributed by atoms with Gasteiger partial charge in [0.25, 0.3) is 0 Å². The second-order valence-corrected chi connectivity index (χ2v) is 9.43. The van der Waals surface area contributed by atoms with Crippen molar-refractivity contribution in [3.05, 3.63) is 118 Å². The van der Waals surface area contributed by atoms with Crippen molar-refractivity contribution in [3.8, 4) is 0 Å². The quantitative estimate of drug-likeness (QED) is 0.382. The molecule has 1 aliphatic carbocycles. The third-order valence-electron chi connectivity index (χ3n) is 6.65. The van der Waals surface area contributed by atoms with Gasteiger partial charge >= 0.3 is 0 Å². The van der Waals surface area contributed by atoms with E-state index in [0.29, 0.717) is 28.9 Å². The first kappa shape index (κ1) is 25.1. The van der Waals surface area contributed by atoms with Gasteiger partial charge in [0.15, 0.2) is 0 Å². The fourth-order valence-electron chi connectivity index (χ4n) is 4.61. The van der Waals surface area contributed by atoms with E-state index in [4.69, 9.17) is 11.6 Å². The van der Waals surface area contributed by atoms with E-state index in [1.807, 2.05) is 18.2 Å². The van der Waals surface area contributed by atoms with Crippen molar-refractivity contribution >= 4 is 11.6 Å². The van der Waals surface area contributed by atoms with E-state index in [-0.39, 0.29) is 12.1 Å². The molecule has 2 aromatic carbocycles. The number of hydrogen-bond acceptors (Lipinski definition) is 6. The molecule has 0 saturated carbocycles. The van der Waals surface area contributed by atoms with E-state index in [1.54, 1.807) is 31.2 Å². The zero-order valence-corrected chi connectivity index (χ0v) is 20.5. The smallest absolute Gasteiger partial charge is 0.206 e. The molecule has 0 spiro atoms. The van der Waals surface area contributed by atoms with Crippen molar-refractivity contribution in [2.45, 2.75) is 37.7 Å². The van der Waals surface area contributed by atoms with Crippen LogP contribution in [0.15, 0.2) is 90.6 Å². The maximum absolute atomic E-state index is 15.1. The van der Waals surface area contributed by atoms with Gasteiger partial charge in [-0.05, 0) is 42.8 Å². The lowest BCUT2D eigenvalue weighted by molar-refractivity contribution is -0.0772. The predicted molar refractivity (Wildman–Crippen MR) is 132 cm³/mol. The molecule has 11 heteroatoms. The normalized spacial score (nSPS) is 19.7. The van der Waals surface area contributed by atoms with Gasteiger partial charge in [-0.3, -0.25) is 5.43 Å². The van der Waals surface area contributed by atoms with Gasteiger partial charge in [0, 0.05) is 34.5 Å². The molecule has 7 nitrogen and oxygen atoms in total. The summed E-state index contributed by atoms with van der Waals surface area (Å²) in [6.45, 7) is 1.95. The lowest BCUT2D eigenvalue weighted by Crippen LogP contribution is -2.57. The molecule has 0 bridgehead atoms. The van der Waals surface area contributed by atoms with Crippen molar-refractivity contribution in [2.75, 3.05) is 0 Å². The molecule has 0 saturated heterocycles. The highest BCUT2D eigenvalue weighted by atomic mass is 35.5. The molecule has 0 fully saturated rings. The van der Waals surface area contributed by atoms with Crippen molar-refractivity contribution in [2.24, 2.45) is 0 Å². The number of halogens is 4. The topological polar surface area (TPSA) is 78.2 Å². The molecule has 1 aliphatic heterocycles. The molecule has 3 N–H and O–H groups in total.